The molecule has 0 aliphatic heterocycles. The second kappa shape index (κ2) is 49.3. The first-order valence-electron chi connectivity index (χ1n) is 26.5. The van der Waals surface area contributed by atoms with Crippen LogP contribution in [0.5, 0.6) is 0 Å². The molecule has 3 N–H and O–H groups in total. The van der Waals surface area contributed by atoms with Gasteiger partial charge >= 0.3 is 5.97 Å². The van der Waals surface area contributed by atoms with Crippen molar-refractivity contribution in [2.75, 3.05) is 13.2 Å². The van der Waals surface area contributed by atoms with E-state index in [0.29, 0.717) is 19.4 Å². The van der Waals surface area contributed by atoms with Crippen LogP contribution in [-0.2, 0) is 14.3 Å². The van der Waals surface area contributed by atoms with Crippen molar-refractivity contribution >= 4 is 11.9 Å². The van der Waals surface area contributed by atoms with E-state index < -0.39 is 12.1 Å². The number of rotatable bonds is 49. The maximum absolute atomic E-state index is 12.4. The van der Waals surface area contributed by atoms with Crippen LogP contribution in [0.1, 0.15) is 290 Å². The van der Waals surface area contributed by atoms with Gasteiger partial charge in [0.25, 0.3) is 0 Å². The zero-order chi connectivity index (χ0) is 43.0. The third kappa shape index (κ3) is 45.9. The molecule has 59 heavy (non-hydrogen) atoms. The molecule has 0 radical (unpaired) electrons. The number of ether oxygens (including phenoxy) is 1. The number of carbonyl (C=O) groups excluding carboxylic acids is 2. The summed E-state index contributed by atoms with van der Waals surface area (Å²) in [5.41, 5.74) is 0. The molecule has 2 unspecified atom stereocenters. The minimum Gasteiger partial charge on any atom is -0.466 e. The van der Waals surface area contributed by atoms with Crippen LogP contribution in [0.2, 0.25) is 0 Å². The van der Waals surface area contributed by atoms with Gasteiger partial charge in [0, 0.05) is 12.8 Å². The van der Waals surface area contributed by atoms with Crippen molar-refractivity contribution in [1.29, 1.82) is 0 Å². The number of amides is 1. The van der Waals surface area contributed by atoms with Crippen LogP contribution in [-0.4, -0.2) is 47.4 Å². The molecular formula is C53H103NO5. The van der Waals surface area contributed by atoms with Crippen molar-refractivity contribution in [2.24, 2.45) is 0 Å². The molecule has 0 saturated heterocycles. The van der Waals surface area contributed by atoms with Crippen molar-refractivity contribution in [3.8, 4) is 0 Å². The molecule has 6 nitrogen and oxygen atoms in total. The zero-order valence-corrected chi connectivity index (χ0v) is 39.7. The van der Waals surface area contributed by atoms with E-state index in [1.807, 2.05) is 6.08 Å². The number of nitrogens with one attached hydrogen (secondary N) is 1. The fourth-order valence-corrected chi connectivity index (χ4v) is 8.22. The van der Waals surface area contributed by atoms with E-state index >= 15 is 0 Å². The number of carbonyl (C=O) groups is 2. The van der Waals surface area contributed by atoms with Crippen LogP contribution >= 0.6 is 0 Å². The van der Waals surface area contributed by atoms with Gasteiger partial charge in [-0.3, -0.25) is 9.59 Å². The Labute approximate surface area is 368 Å². The highest BCUT2D eigenvalue weighted by atomic mass is 16.5. The molecule has 0 spiro atoms. The van der Waals surface area contributed by atoms with E-state index in [9.17, 15) is 19.8 Å². The summed E-state index contributed by atoms with van der Waals surface area (Å²) in [5, 5.41) is 23.0. The molecule has 0 heterocycles. The minimum absolute atomic E-state index is 0.00722. The molecule has 0 aromatic heterocycles. The predicted octanol–water partition coefficient (Wildman–Crippen LogP) is 15.7. The molecular weight excluding hydrogens is 731 g/mol. The number of hydrogen-bond acceptors (Lipinski definition) is 5. The molecule has 0 aromatic rings. The number of esters is 1. The Morgan fingerprint density at radius 1 is 0.458 bits per heavy atom. The average molecular weight is 834 g/mol. The van der Waals surface area contributed by atoms with Crippen molar-refractivity contribution < 1.29 is 24.5 Å². The second-order valence-electron chi connectivity index (χ2n) is 18.2. The second-order valence-corrected chi connectivity index (χ2v) is 18.2. The zero-order valence-electron chi connectivity index (χ0n) is 39.7. The summed E-state index contributed by atoms with van der Waals surface area (Å²) in [6.07, 6.45) is 56.4. The summed E-state index contributed by atoms with van der Waals surface area (Å²) < 4.78 is 5.47. The van der Waals surface area contributed by atoms with Gasteiger partial charge < -0.3 is 20.3 Å². The highest BCUT2D eigenvalue weighted by Crippen LogP contribution is 2.16. The first kappa shape index (κ1) is 57.6. The van der Waals surface area contributed by atoms with Gasteiger partial charge in [-0.15, -0.1) is 0 Å². The van der Waals surface area contributed by atoms with E-state index in [-0.39, 0.29) is 18.5 Å². The van der Waals surface area contributed by atoms with Crippen molar-refractivity contribution in [3.63, 3.8) is 0 Å². The van der Waals surface area contributed by atoms with E-state index in [4.69, 9.17) is 4.74 Å². The Kier molecular flexibility index (Phi) is 48.1. The highest BCUT2D eigenvalue weighted by Gasteiger charge is 2.18. The lowest BCUT2D eigenvalue weighted by molar-refractivity contribution is -0.143. The Balaban J connectivity index is 3.46. The predicted molar refractivity (Wildman–Crippen MR) is 255 cm³/mol. The third-order valence-electron chi connectivity index (χ3n) is 12.3. The lowest BCUT2D eigenvalue weighted by Crippen LogP contribution is -2.45. The molecule has 0 bridgehead atoms. The molecule has 0 aliphatic rings. The lowest BCUT2D eigenvalue weighted by atomic mass is 10.0. The quantitative estimate of drug-likeness (QED) is 0.0322. The van der Waals surface area contributed by atoms with Crippen LogP contribution in [0.25, 0.3) is 0 Å². The molecule has 0 saturated carbocycles. The van der Waals surface area contributed by atoms with Crippen molar-refractivity contribution in [2.45, 2.75) is 302 Å². The van der Waals surface area contributed by atoms with Gasteiger partial charge in [0.1, 0.15) is 0 Å². The first-order valence-corrected chi connectivity index (χ1v) is 26.5. The van der Waals surface area contributed by atoms with Gasteiger partial charge in [-0.05, 0) is 32.1 Å². The standard InChI is InChI=1S/C53H103NO5/c1-3-5-7-9-11-13-15-17-19-20-22-27-31-35-39-43-47-53(58)59-48-44-40-36-32-28-24-23-26-30-34-38-42-46-52(57)54-50(49-55)51(56)45-41-37-33-29-25-21-18-16-14-12-10-8-6-4-2/h41,45,50-51,55-56H,3-40,42-44,46-49H2,1-2H3,(H,54,57)/b45-41+. The molecule has 6 heteroatoms. The number of unbranched alkanes of at least 4 members (excludes halogenated alkanes) is 38. The molecule has 0 rings (SSSR count). The normalized spacial score (nSPS) is 12.7. The summed E-state index contributed by atoms with van der Waals surface area (Å²) in [6, 6.07) is -0.637. The van der Waals surface area contributed by atoms with Crippen molar-refractivity contribution in [1.82, 2.24) is 5.32 Å². The van der Waals surface area contributed by atoms with Gasteiger partial charge in [-0.2, -0.15) is 0 Å². The summed E-state index contributed by atoms with van der Waals surface area (Å²) in [4.78, 5) is 24.5. The van der Waals surface area contributed by atoms with E-state index in [1.54, 1.807) is 6.08 Å². The number of aliphatic hydroxyl groups excluding tert-OH is 2. The molecule has 0 fully saturated rings. The Bertz CT molecular complexity index is 878. The van der Waals surface area contributed by atoms with Crippen LogP contribution < -0.4 is 5.32 Å². The maximum Gasteiger partial charge on any atom is 0.305 e. The van der Waals surface area contributed by atoms with Gasteiger partial charge in [-0.1, -0.05) is 257 Å². The van der Waals surface area contributed by atoms with E-state index in [2.05, 4.69) is 19.2 Å². The third-order valence-corrected chi connectivity index (χ3v) is 12.3. The van der Waals surface area contributed by atoms with Gasteiger partial charge in [-0.25, -0.2) is 0 Å². The van der Waals surface area contributed by atoms with Crippen molar-refractivity contribution in [3.05, 3.63) is 12.2 Å². The van der Waals surface area contributed by atoms with Crippen LogP contribution in [0, 0.1) is 0 Å². The Morgan fingerprint density at radius 2 is 0.780 bits per heavy atom. The summed E-state index contributed by atoms with van der Waals surface area (Å²) in [5.74, 6) is -0.0894. The minimum atomic E-state index is -0.853. The SMILES string of the molecule is CCCCCCCCCCCCCC/C=C/C(O)C(CO)NC(=O)CCCCCCCCCCCCCCOC(=O)CCCCCCCCCCCCCCCCCC. The average Bonchev–Trinajstić information content (AvgIpc) is 3.24. The molecule has 350 valence electrons. The van der Waals surface area contributed by atoms with E-state index in [0.717, 1.165) is 57.8 Å². The van der Waals surface area contributed by atoms with Gasteiger partial charge in [0.05, 0.1) is 25.4 Å². The molecule has 0 aliphatic carbocycles. The van der Waals surface area contributed by atoms with Crippen LogP contribution in [0.4, 0.5) is 0 Å². The maximum atomic E-state index is 12.4. The van der Waals surface area contributed by atoms with Crippen LogP contribution in [0.3, 0.4) is 0 Å². The van der Waals surface area contributed by atoms with Crippen LogP contribution in [0.15, 0.2) is 12.2 Å². The topological polar surface area (TPSA) is 95.9 Å². The van der Waals surface area contributed by atoms with E-state index in [1.165, 1.54) is 205 Å². The fraction of sp³-hybridized carbons (Fsp3) is 0.925. The first-order chi connectivity index (χ1) is 29.0. The summed E-state index contributed by atoms with van der Waals surface area (Å²) in [7, 11) is 0. The number of hydrogen-bond donors (Lipinski definition) is 3. The highest BCUT2D eigenvalue weighted by molar-refractivity contribution is 5.76. The lowest BCUT2D eigenvalue weighted by Gasteiger charge is -2.20. The number of allylic oxidation sites excluding steroid dienone is 1. The van der Waals surface area contributed by atoms with Gasteiger partial charge in [0.15, 0.2) is 0 Å². The Hall–Kier alpha value is -1.40. The van der Waals surface area contributed by atoms with Gasteiger partial charge in [0.2, 0.25) is 5.91 Å². The number of aliphatic hydroxyl groups is 2. The molecule has 1 amide bonds. The largest absolute Gasteiger partial charge is 0.466 e. The summed E-state index contributed by atoms with van der Waals surface area (Å²) in [6.45, 7) is 4.88. The molecule has 2 atom stereocenters. The summed E-state index contributed by atoms with van der Waals surface area (Å²) >= 11 is 0. The Morgan fingerprint density at radius 3 is 1.15 bits per heavy atom. The molecule has 0 aromatic carbocycles. The monoisotopic (exact) mass is 834 g/mol. The fourth-order valence-electron chi connectivity index (χ4n) is 8.22. The smallest absolute Gasteiger partial charge is 0.305 e.